The molecule has 3 heteroatoms. The van der Waals surface area contributed by atoms with Gasteiger partial charge in [-0.25, -0.2) is 0 Å². The molecule has 0 spiro atoms. The van der Waals surface area contributed by atoms with Crippen LogP contribution in [0.15, 0.2) is 18.2 Å². The first-order valence-corrected chi connectivity index (χ1v) is 7.28. The zero-order chi connectivity index (χ0) is 13.8. The number of anilines is 1. The van der Waals surface area contributed by atoms with E-state index in [1.54, 1.807) is 7.11 Å². The van der Waals surface area contributed by atoms with Crippen LogP contribution < -0.4 is 15.0 Å². The third-order valence-electron chi connectivity index (χ3n) is 4.28. The quantitative estimate of drug-likeness (QED) is 0.903. The third-order valence-corrected chi connectivity index (χ3v) is 4.28. The van der Waals surface area contributed by atoms with Gasteiger partial charge in [0.05, 0.1) is 7.11 Å². The van der Waals surface area contributed by atoms with E-state index >= 15 is 0 Å². The van der Waals surface area contributed by atoms with Crippen molar-refractivity contribution in [1.29, 1.82) is 0 Å². The summed E-state index contributed by atoms with van der Waals surface area (Å²) in [6.45, 7) is 9.96. The summed E-state index contributed by atoms with van der Waals surface area (Å²) >= 11 is 0. The minimum atomic E-state index is 0.598. The fraction of sp³-hybridized carbons (Fsp3) is 0.625. The van der Waals surface area contributed by atoms with E-state index in [0.717, 1.165) is 31.3 Å². The zero-order valence-corrected chi connectivity index (χ0v) is 12.6. The van der Waals surface area contributed by atoms with Gasteiger partial charge in [-0.2, -0.15) is 0 Å². The van der Waals surface area contributed by atoms with Gasteiger partial charge in [0.2, 0.25) is 0 Å². The lowest BCUT2D eigenvalue weighted by atomic mass is 9.97. The minimum Gasteiger partial charge on any atom is -0.496 e. The number of aryl methyl sites for hydroxylation is 1. The number of ether oxygens (including phenoxy) is 1. The predicted octanol–water partition coefficient (Wildman–Crippen LogP) is 2.83. The van der Waals surface area contributed by atoms with Gasteiger partial charge in [0.25, 0.3) is 0 Å². The van der Waals surface area contributed by atoms with Gasteiger partial charge in [0.1, 0.15) is 5.75 Å². The smallest absolute Gasteiger partial charge is 0.121 e. The van der Waals surface area contributed by atoms with Crippen molar-refractivity contribution < 1.29 is 4.74 Å². The molecule has 2 rings (SSSR count). The highest BCUT2D eigenvalue weighted by molar-refractivity contribution is 5.53. The SMILES string of the molecule is CCC(C)C1CN(c2ccc(OC)c(C)c2)CCN1. The highest BCUT2D eigenvalue weighted by Gasteiger charge is 2.23. The molecule has 1 heterocycles. The van der Waals surface area contributed by atoms with Crippen molar-refractivity contribution >= 4 is 5.69 Å². The highest BCUT2D eigenvalue weighted by atomic mass is 16.5. The highest BCUT2D eigenvalue weighted by Crippen LogP contribution is 2.25. The monoisotopic (exact) mass is 262 g/mol. The van der Waals surface area contributed by atoms with E-state index in [4.69, 9.17) is 4.74 Å². The molecule has 1 aliphatic rings. The van der Waals surface area contributed by atoms with Gasteiger partial charge >= 0.3 is 0 Å². The lowest BCUT2D eigenvalue weighted by molar-refractivity contribution is 0.341. The van der Waals surface area contributed by atoms with Crippen molar-refractivity contribution in [2.45, 2.75) is 33.2 Å². The molecule has 1 saturated heterocycles. The van der Waals surface area contributed by atoms with Crippen LogP contribution in [0.25, 0.3) is 0 Å². The number of nitrogens with one attached hydrogen (secondary N) is 1. The Hall–Kier alpha value is -1.22. The Kier molecular flexibility index (Phi) is 4.70. The summed E-state index contributed by atoms with van der Waals surface area (Å²) in [5.74, 6) is 1.69. The van der Waals surface area contributed by atoms with Gasteiger partial charge in [-0.15, -0.1) is 0 Å². The molecule has 106 valence electrons. The fourth-order valence-electron chi connectivity index (χ4n) is 2.74. The topological polar surface area (TPSA) is 24.5 Å². The van der Waals surface area contributed by atoms with Gasteiger partial charge in [0, 0.05) is 31.4 Å². The Morgan fingerprint density at radius 3 is 2.89 bits per heavy atom. The van der Waals surface area contributed by atoms with Gasteiger partial charge in [0.15, 0.2) is 0 Å². The van der Waals surface area contributed by atoms with Crippen molar-refractivity contribution in [2.75, 3.05) is 31.6 Å². The Bertz CT molecular complexity index is 419. The Labute approximate surface area is 116 Å². The minimum absolute atomic E-state index is 0.598. The maximum atomic E-state index is 5.33. The van der Waals surface area contributed by atoms with Crippen LogP contribution in [0.5, 0.6) is 5.75 Å². The average Bonchev–Trinajstić information content (AvgIpc) is 2.46. The number of hydrogen-bond acceptors (Lipinski definition) is 3. The molecule has 2 unspecified atom stereocenters. The maximum absolute atomic E-state index is 5.33. The van der Waals surface area contributed by atoms with Crippen LogP contribution in [0.4, 0.5) is 5.69 Å². The van der Waals surface area contributed by atoms with E-state index in [9.17, 15) is 0 Å². The Balaban J connectivity index is 2.11. The summed E-state index contributed by atoms with van der Waals surface area (Å²) in [6, 6.07) is 7.08. The third kappa shape index (κ3) is 3.21. The molecule has 1 aromatic carbocycles. The molecule has 0 aliphatic carbocycles. The summed E-state index contributed by atoms with van der Waals surface area (Å²) in [6.07, 6.45) is 1.23. The van der Waals surface area contributed by atoms with E-state index in [1.165, 1.54) is 17.7 Å². The van der Waals surface area contributed by atoms with Crippen LogP contribution in [0.3, 0.4) is 0 Å². The van der Waals surface area contributed by atoms with Gasteiger partial charge in [-0.05, 0) is 36.6 Å². The standard InChI is InChI=1S/C16H26N2O/c1-5-12(2)15-11-18(9-8-17-15)14-6-7-16(19-4)13(3)10-14/h6-7,10,12,15,17H,5,8-9,11H2,1-4H3. The first kappa shape index (κ1) is 14.2. The molecular weight excluding hydrogens is 236 g/mol. The van der Waals surface area contributed by atoms with Crippen molar-refractivity contribution in [3.05, 3.63) is 23.8 Å². The van der Waals surface area contributed by atoms with Crippen molar-refractivity contribution in [3.8, 4) is 5.75 Å². The van der Waals surface area contributed by atoms with E-state index in [0.29, 0.717) is 6.04 Å². The van der Waals surface area contributed by atoms with Crippen LogP contribution in [0, 0.1) is 12.8 Å². The summed E-state index contributed by atoms with van der Waals surface area (Å²) in [5, 5.41) is 3.64. The molecule has 1 N–H and O–H groups in total. The summed E-state index contributed by atoms with van der Waals surface area (Å²) in [7, 11) is 1.73. The van der Waals surface area contributed by atoms with Crippen molar-refractivity contribution in [2.24, 2.45) is 5.92 Å². The second-order valence-corrected chi connectivity index (χ2v) is 5.55. The van der Waals surface area contributed by atoms with Gasteiger partial charge in [-0.1, -0.05) is 20.3 Å². The summed E-state index contributed by atoms with van der Waals surface area (Å²) in [5.41, 5.74) is 2.52. The van der Waals surface area contributed by atoms with Gasteiger partial charge in [-0.3, -0.25) is 0 Å². The molecule has 1 aliphatic heterocycles. The summed E-state index contributed by atoms with van der Waals surface area (Å²) < 4.78 is 5.33. The Morgan fingerprint density at radius 1 is 1.47 bits per heavy atom. The van der Waals surface area contributed by atoms with E-state index in [-0.39, 0.29) is 0 Å². The van der Waals surface area contributed by atoms with Crippen LogP contribution in [-0.2, 0) is 0 Å². The summed E-state index contributed by atoms with van der Waals surface area (Å²) in [4.78, 5) is 2.49. The molecule has 0 radical (unpaired) electrons. The largest absolute Gasteiger partial charge is 0.496 e. The van der Waals surface area contributed by atoms with Crippen LogP contribution in [0.2, 0.25) is 0 Å². The average molecular weight is 262 g/mol. The number of piperazine rings is 1. The number of nitrogens with zero attached hydrogens (tertiary/aromatic N) is 1. The van der Waals surface area contributed by atoms with E-state index in [2.05, 4.69) is 49.2 Å². The van der Waals surface area contributed by atoms with Crippen LogP contribution in [-0.4, -0.2) is 32.8 Å². The normalized spacial score (nSPS) is 21.3. The van der Waals surface area contributed by atoms with Crippen molar-refractivity contribution in [3.63, 3.8) is 0 Å². The first-order chi connectivity index (χ1) is 9.15. The number of rotatable bonds is 4. The van der Waals surface area contributed by atoms with Gasteiger partial charge < -0.3 is 15.0 Å². The molecule has 0 aromatic heterocycles. The van der Waals surface area contributed by atoms with E-state index in [1.807, 2.05) is 0 Å². The molecule has 1 aromatic rings. The number of hydrogen-bond donors (Lipinski definition) is 1. The first-order valence-electron chi connectivity index (χ1n) is 7.28. The lowest BCUT2D eigenvalue weighted by Crippen LogP contribution is -2.53. The van der Waals surface area contributed by atoms with Crippen LogP contribution >= 0.6 is 0 Å². The van der Waals surface area contributed by atoms with Crippen molar-refractivity contribution in [1.82, 2.24) is 5.32 Å². The number of methoxy groups -OCH3 is 1. The molecule has 0 amide bonds. The molecule has 19 heavy (non-hydrogen) atoms. The molecule has 2 atom stereocenters. The molecule has 3 nitrogen and oxygen atoms in total. The second kappa shape index (κ2) is 6.29. The van der Waals surface area contributed by atoms with E-state index < -0.39 is 0 Å². The molecule has 1 fully saturated rings. The second-order valence-electron chi connectivity index (χ2n) is 5.55. The lowest BCUT2D eigenvalue weighted by Gasteiger charge is -2.38. The molecule has 0 saturated carbocycles. The number of benzene rings is 1. The fourth-order valence-corrected chi connectivity index (χ4v) is 2.74. The van der Waals surface area contributed by atoms with Crippen LogP contribution in [0.1, 0.15) is 25.8 Å². The Morgan fingerprint density at radius 2 is 2.26 bits per heavy atom. The maximum Gasteiger partial charge on any atom is 0.121 e. The predicted molar refractivity (Wildman–Crippen MR) is 81.2 cm³/mol. The molecular formula is C16H26N2O. The molecule has 0 bridgehead atoms. The zero-order valence-electron chi connectivity index (χ0n) is 12.6.